The van der Waals surface area contributed by atoms with Gasteiger partial charge in [0.05, 0.1) is 17.2 Å². The molecule has 0 bridgehead atoms. The highest BCUT2D eigenvalue weighted by Crippen LogP contribution is 2.13. The molecule has 3 heteroatoms. The number of carbonyl (C=O) groups excluding carboxylic acids is 1. The van der Waals surface area contributed by atoms with E-state index in [1.807, 2.05) is 38.1 Å². The van der Waals surface area contributed by atoms with Crippen molar-refractivity contribution in [2.24, 2.45) is 5.92 Å². The Balaban J connectivity index is 2.43. The second-order valence-corrected chi connectivity index (χ2v) is 3.92. The van der Waals surface area contributed by atoms with E-state index in [2.05, 4.69) is 9.97 Å². The minimum atomic E-state index is 0.00969. The third-order valence-electron chi connectivity index (χ3n) is 2.76. The number of nitrogens with zero attached hydrogens (tertiary/aromatic N) is 2. The third kappa shape index (κ3) is 1.94. The van der Waals surface area contributed by atoms with Crippen LogP contribution in [0.3, 0.4) is 0 Å². The van der Waals surface area contributed by atoms with Gasteiger partial charge >= 0.3 is 0 Å². The van der Waals surface area contributed by atoms with Crippen LogP contribution in [0.4, 0.5) is 0 Å². The van der Waals surface area contributed by atoms with E-state index in [0.29, 0.717) is 5.69 Å². The van der Waals surface area contributed by atoms with Crippen molar-refractivity contribution in [3.8, 4) is 0 Å². The maximum Gasteiger partial charge on any atom is 0.185 e. The van der Waals surface area contributed by atoms with Gasteiger partial charge in [0.15, 0.2) is 5.78 Å². The number of para-hydroxylation sites is 2. The molecule has 0 saturated heterocycles. The molecule has 1 heterocycles. The Labute approximate surface area is 94.5 Å². The normalized spacial score (nSPS) is 12.6. The molecule has 2 rings (SSSR count). The Hall–Kier alpha value is -1.77. The number of Topliss-reactive ketones (excluding diaryl/α,β-unsaturated/α-hetero) is 1. The molecule has 0 spiro atoms. The van der Waals surface area contributed by atoms with Gasteiger partial charge in [-0.15, -0.1) is 0 Å². The second-order valence-electron chi connectivity index (χ2n) is 3.92. The van der Waals surface area contributed by atoms with Gasteiger partial charge in [-0.3, -0.25) is 9.78 Å². The summed E-state index contributed by atoms with van der Waals surface area (Å²) < 4.78 is 0. The molecule has 0 N–H and O–H groups in total. The van der Waals surface area contributed by atoms with Crippen LogP contribution in [0.5, 0.6) is 0 Å². The topological polar surface area (TPSA) is 42.9 Å². The molecule has 3 nitrogen and oxygen atoms in total. The molecule has 1 aromatic heterocycles. The van der Waals surface area contributed by atoms with Gasteiger partial charge < -0.3 is 0 Å². The van der Waals surface area contributed by atoms with E-state index in [1.54, 1.807) is 6.20 Å². The number of hydrogen-bond acceptors (Lipinski definition) is 3. The minimum absolute atomic E-state index is 0.00969. The van der Waals surface area contributed by atoms with Gasteiger partial charge in [0.1, 0.15) is 5.69 Å². The van der Waals surface area contributed by atoms with Crippen molar-refractivity contribution >= 4 is 16.8 Å². The van der Waals surface area contributed by atoms with Crippen molar-refractivity contribution in [2.75, 3.05) is 0 Å². The van der Waals surface area contributed by atoms with Crippen LogP contribution in [0.15, 0.2) is 30.5 Å². The van der Waals surface area contributed by atoms with Crippen LogP contribution in [0.25, 0.3) is 11.0 Å². The molecule has 2 aromatic rings. The van der Waals surface area contributed by atoms with Gasteiger partial charge in [-0.05, 0) is 18.6 Å². The molecule has 0 aliphatic rings. The first-order valence-electron chi connectivity index (χ1n) is 5.48. The number of rotatable bonds is 3. The van der Waals surface area contributed by atoms with Crippen molar-refractivity contribution < 1.29 is 4.79 Å². The van der Waals surface area contributed by atoms with Crippen LogP contribution in [0.1, 0.15) is 30.8 Å². The quantitative estimate of drug-likeness (QED) is 0.738. The fraction of sp³-hybridized carbons (Fsp3) is 0.308. The Morgan fingerprint density at radius 2 is 2.00 bits per heavy atom. The first-order valence-corrected chi connectivity index (χ1v) is 5.48. The predicted octanol–water partition coefficient (Wildman–Crippen LogP) is 2.86. The van der Waals surface area contributed by atoms with Gasteiger partial charge in [-0.2, -0.15) is 0 Å². The monoisotopic (exact) mass is 214 g/mol. The van der Waals surface area contributed by atoms with E-state index in [-0.39, 0.29) is 11.7 Å². The Morgan fingerprint density at radius 1 is 1.31 bits per heavy atom. The minimum Gasteiger partial charge on any atom is -0.292 e. The molecule has 0 aliphatic heterocycles. The smallest absolute Gasteiger partial charge is 0.185 e. The highest BCUT2D eigenvalue weighted by atomic mass is 16.1. The lowest BCUT2D eigenvalue weighted by molar-refractivity contribution is 0.0922. The standard InChI is InChI=1S/C13H14N2O/c1-3-9(2)13(16)12-8-14-10-6-4-5-7-11(10)15-12/h4-9H,3H2,1-2H3. The average Bonchev–Trinajstić information content (AvgIpc) is 2.36. The summed E-state index contributed by atoms with van der Waals surface area (Å²) in [6.45, 7) is 3.91. The Morgan fingerprint density at radius 3 is 2.69 bits per heavy atom. The zero-order chi connectivity index (χ0) is 11.5. The maximum atomic E-state index is 11.9. The highest BCUT2D eigenvalue weighted by Gasteiger charge is 2.15. The largest absolute Gasteiger partial charge is 0.292 e. The average molecular weight is 214 g/mol. The zero-order valence-corrected chi connectivity index (χ0v) is 9.47. The number of ketones is 1. The van der Waals surface area contributed by atoms with E-state index >= 15 is 0 Å². The molecule has 0 saturated carbocycles. The van der Waals surface area contributed by atoms with E-state index in [0.717, 1.165) is 17.5 Å². The van der Waals surface area contributed by atoms with Crippen LogP contribution in [0.2, 0.25) is 0 Å². The summed E-state index contributed by atoms with van der Waals surface area (Å²) in [5.74, 6) is 0.0798. The van der Waals surface area contributed by atoms with Crippen molar-refractivity contribution in [3.63, 3.8) is 0 Å². The number of hydrogen-bond donors (Lipinski definition) is 0. The maximum absolute atomic E-state index is 11.9. The molecule has 0 radical (unpaired) electrons. The molecule has 1 aromatic carbocycles. The van der Waals surface area contributed by atoms with Crippen LogP contribution in [-0.2, 0) is 0 Å². The van der Waals surface area contributed by atoms with Gasteiger partial charge in [0.25, 0.3) is 0 Å². The fourth-order valence-electron chi connectivity index (χ4n) is 1.51. The van der Waals surface area contributed by atoms with Gasteiger partial charge in [0, 0.05) is 5.92 Å². The molecule has 0 fully saturated rings. The second kappa shape index (κ2) is 4.39. The number of carbonyl (C=O) groups is 1. The fourth-order valence-corrected chi connectivity index (χ4v) is 1.51. The lowest BCUT2D eigenvalue weighted by Gasteiger charge is -2.06. The molecule has 0 aliphatic carbocycles. The molecule has 16 heavy (non-hydrogen) atoms. The first kappa shape index (κ1) is 10.7. The molecule has 82 valence electrons. The first-order chi connectivity index (χ1) is 7.72. The van der Waals surface area contributed by atoms with Crippen molar-refractivity contribution in [1.29, 1.82) is 0 Å². The molecular weight excluding hydrogens is 200 g/mol. The summed E-state index contributed by atoms with van der Waals surface area (Å²) in [6, 6.07) is 7.57. The molecule has 0 amide bonds. The zero-order valence-electron chi connectivity index (χ0n) is 9.47. The molecule has 1 unspecified atom stereocenters. The Kier molecular flexibility index (Phi) is 2.95. The van der Waals surface area contributed by atoms with Crippen LogP contribution < -0.4 is 0 Å². The third-order valence-corrected chi connectivity index (χ3v) is 2.76. The van der Waals surface area contributed by atoms with Crippen LogP contribution in [-0.4, -0.2) is 15.8 Å². The SMILES string of the molecule is CCC(C)C(=O)c1cnc2ccccc2n1. The summed E-state index contributed by atoms with van der Waals surface area (Å²) >= 11 is 0. The van der Waals surface area contributed by atoms with Gasteiger partial charge in [0.2, 0.25) is 0 Å². The van der Waals surface area contributed by atoms with Gasteiger partial charge in [-0.1, -0.05) is 26.0 Å². The van der Waals surface area contributed by atoms with Crippen molar-refractivity contribution in [1.82, 2.24) is 9.97 Å². The number of benzene rings is 1. The number of fused-ring (bicyclic) bond motifs is 1. The number of aromatic nitrogens is 2. The van der Waals surface area contributed by atoms with Crippen LogP contribution in [0, 0.1) is 5.92 Å². The summed E-state index contributed by atoms with van der Waals surface area (Å²) in [5, 5.41) is 0. The lowest BCUT2D eigenvalue weighted by atomic mass is 10.0. The van der Waals surface area contributed by atoms with Crippen LogP contribution >= 0.6 is 0 Å². The molecular formula is C13H14N2O. The summed E-state index contributed by atoms with van der Waals surface area (Å²) in [7, 11) is 0. The van der Waals surface area contributed by atoms with E-state index in [9.17, 15) is 4.79 Å². The van der Waals surface area contributed by atoms with E-state index < -0.39 is 0 Å². The summed E-state index contributed by atoms with van der Waals surface area (Å²) in [5.41, 5.74) is 2.06. The lowest BCUT2D eigenvalue weighted by Crippen LogP contribution is -2.12. The molecule has 1 atom stereocenters. The van der Waals surface area contributed by atoms with E-state index in [1.165, 1.54) is 0 Å². The highest BCUT2D eigenvalue weighted by molar-refractivity contribution is 5.96. The van der Waals surface area contributed by atoms with Crippen molar-refractivity contribution in [2.45, 2.75) is 20.3 Å². The Bertz CT molecular complexity index is 522. The van der Waals surface area contributed by atoms with Gasteiger partial charge in [-0.25, -0.2) is 4.98 Å². The van der Waals surface area contributed by atoms with E-state index in [4.69, 9.17) is 0 Å². The summed E-state index contributed by atoms with van der Waals surface area (Å²) in [6.07, 6.45) is 2.39. The predicted molar refractivity (Wildman–Crippen MR) is 63.3 cm³/mol. The summed E-state index contributed by atoms with van der Waals surface area (Å²) in [4.78, 5) is 20.5. The van der Waals surface area contributed by atoms with Crippen molar-refractivity contribution in [3.05, 3.63) is 36.2 Å².